The summed E-state index contributed by atoms with van der Waals surface area (Å²) in [7, 11) is 1.42. The average Bonchev–Trinajstić information content (AvgIpc) is 2.17. The number of nitrogens with zero attached hydrogens (tertiary/aromatic N) is 1. The first-order chi connectivity index (χ1) is 6.61. The predicted octanol–water partition coefficient (Wildman–Crippen LogP) is 0.852. The molecule has 0 aromatic carbocycles. The molecule has 5 heteroatoms. The van der Waals surface area contributed by atoms with Gasteiger partial charge in [0, 0.05) is 7.05 Å². The SMILES string of the molecule is CN(CC(F)F)C(=O)[C@H]1CCCCN1. The zero-order chi connectivity index (χ0) is 10.6. The number of carbonyl (C=O) groups is 1. The quantitative estimate of drug-likeness (QED) is 0.742. The summed E-state index contributed by atoms with van der Waals surface area (Å²) < 4.78 is 24.0. The van der Waals surface area contributed by atoms with Crippen LogP contribution in [0.5, 0.6) is 0 Å². The fourth-order valence-electron chi connectivity index (χ4n) is 1.63. The molecule has 3 nitrogen and oxygen atoms in total. The zero-order valence-corrected chi connectivity index (χ0v) is 8.30. The summed E-state index contributed by atoms with van der Waals surface area (Å²) in [5, 5.41) is 3.04. The van der Waals surface area contributed by atoms with E-state index in [4.69, 9.17) is 0 Å². The summed E-state index contributed by atoms with van der Waals surface area (Å²) in [6.07, 6.45) is 0.355. The first-order valence-corrected chi connectivity index (χ1v) is 4.88. The van der Waals surface area contributed by atoms with Gasteiger partial charge in [0.15, 0.2) is 0 Å². The molecule has 0 saturated carbocycles. The zero-order valence-electron chi connectivity index (χ0n) is 8.30. The maximum Gasteiger partial charge on any atom is 0.255 e. The molecule has 0 aromatic heterocycles. The molecular weight excluding hydrogens is 190 g/mol. The van der Waals surface area contributed by atoms with Crippen molar-refractivity contribution in [1.82, 2.24) is 10.2 Å². The predicted molar refractivity (Wildman–Crippen MR) is 49.3 cm³/mol. The van der Waals surface area contributed by atoms with Gasteiger partial charge in [-0.15, -0.1) is 0 Å². The second kappa shape index (κ2) is 5.24. The Morgan fingerprint density at radius 1 is 1.57 bits per heavy atom. The summed E-state index contributed by atoms with van der Waals surface area (Å²) in [6.45, 7) is 0.329. The van der Waals surface area contributed by atoms with Crippen LogP contribution >= 0.6 is 0 Å². The molecule has 0 unspecified atom stereocenters. The first kappa shape index (κ1) is 11.4. The van der Waals surface area contributed by atoms with Crippen LogP contribution in [0.3, 0.4) is 0 Å². The highest BCUT2D eigenvalue weighted by molar-refractivity contribution is 5.81. The van der Waals surface area contributed by atoms with Gasteiger partial charge in [-0.2, -0.15) is 0 Å². The molecule has 0 aromatic rings. The monoisotopic (exact) mass is 206 g/mol. The van der Waals surface area contributed by atoms with Crippen LogP contribution in [0.1, 0.15) is 19.3 Å². The summed E-state index contributed by atoms with van der Waals surface area (Å²) in [5.41, 5.74) is 0. The average molecular weight is 206 g/mol. The molecule has 1 saturated heterocycles. The minimum Gasteiger partial charge on any atom is -0.339 e. The van der Waals surface area contributed by atoms with Crippen molar-refractivity contribution in [2.45, 2.75) is 31.7 Å². The van der Waals surface area contributed by atoms with Crippen LogP contribution in [0.2, 0.25) is 0 Å². The molecule has 0 radical (unpaired) electrons. The lowest BCUT2D eigenvalue weighted by molar-refractivity contribution is -0.134. The minimum absolute atomic E-state index is 0.218. The van der Waals surface area contributed by atoms with Crippen LogP contribution < -0.4 is 5.32 Å². The normalized spacial score (nSPS) is 22.4. The lowest BCUT2D eigenvalue weighted by Crippen LogP contribution is -2.48. The Balaban J connectivity index is 2.38. The van der Waals surface area contributed by atoms with Crippen molar-refractivity contribution in [2.75, 3.05) is 20.1 Å². The van der Waals surface area contributed by atoms with E-state index in [1.807, 2.05) is 0 Å². The van der Waals surface area contributed by atoms with Gasteiger partial charge in [0.1, 0.15) is 0 Å². The molecule has 0 bridgehead atoms. The molecule has 0 spiro atoms. The lowest BCUT2D eigenvalue weighted by atomic mass is 10.0. The van der Waals surface area contributed by atoms with E-state index < -0.39 is 13.0 Å². The van der Waals surface area contributed by atoms with Crippen molar-refractivity contribution < 1.29 is 13.6 Å². The standard InChI is InChI=1S/C9H16F2N2O/c1-13(6-8(10)11)9(14)7-4-2-3-5-12-7/h7-8,12H,2-6H2,1H3/t7-/m1/s1. The van der Waals surface area contributed by atoms with Crippen LogP contribution in [-0.2, 0) is 4.79 Å². The van der Waals surface area contributed by atoms with Crippen LogP contribution in [-0.4, -0.2) is 43.4 Å². The van der Waals surface area contributed by atoms with Crippen molar-refractivity contribution in [3.63, 3.8) is 0 Å². The highest BCUT2D eigenvalue weighted by Crippen LogP contribution is 2.09. The number of rotatable bonds is 3. The maximum absolute atomic E-state index is 12.0. The Morgan fingerprint density at radius 2 is 2.29 bits per heavy atom. The van der Waals surface area contributed by atoms with Crippen molar-refractivity contribution in [3.05, 3.63) is 0 Å². The van der Waals surface area contributed by atoms with Gasteiger partial charge in [-0.05, 0) is 19.4 Å². The minimum atomic E-state index is -2.45. The van der Waals surface area contributed by atoms with E-state index in [0.717, 1.165) is 30.7 Å². The molecular formula is C9H16F2N2O. The largest absolute Gasteiger partial charge is 0.339 e. The van der Waals surface area contributed by atoms with E-state index in [-0.39, 0.29) is 11.9 Å². The molecule has 1 aliphatic rings. The highest BCUT2D eigenvalue weighted by atomic mass is 19.3. The number of hydrogen-bond donors (Lipinski definition) is 1. The molecule has 1 heterocycles. The Kier molecular flexibility index (Phi) is 4.25. The molecule has 1 rings (SSSR count). The molecule has 1 atom stereocenters. The summed E-state index contributed by atoms with van der Waals surface area (Å²) in [5.74, 6) is -0.218. The van der Waals surface area contributed by atoms with Gasteiger partial charge in [0.05, 0.1) is 12.6 Å². The number of nitrogens with one attached hydrogen (secondary N) is 1. The molecule has 1 fully saturated rings. The fourth-order valence-corrected chi connectivity index (χ4v) is 1.63. The third kappa shape index (κ3) is 3.21. The van der Waals surface area contributed by atoms with Crippen molar-refractivity contribution in [1.29, 1.82) is 0 Å². The third-order valence-corrected chi connectivity index (χ3v) is 2.40. The number of alkyl halides is 2. The van der Waals surface area contributed by atoms with E-state index in [1.165, 1.54) is 7.05 Å². The summed E-state index contributed by atoms with van der Waals surface area (Å²) in [6, 6.07) is -0.257. The molecule has 1 amide bonds. The maximum atomic E-state index is 12.0. The fraction of sp³-hybridized carbons (Fsp3) is 0.889. The number of hydrogen-bond acceptors (Lipinski definition) is 2. The second-order valence-corrected chi connectivity index (χ2v) is 3.61. The highest BCUT2D eigenvalue weighted by Gasteiger charge is 2.24. The lowest BCUT2D eigenvalue weighted by Gasteiger charge is -2.27. The van der Waals surface area contributed by atoms with E-state index >= 15 is 0 Å². The molecule has 14 heavy (non-hydrogen) atoms. The van der Waals surface area contributed by atoms with Gasteiger partial charge in [-0.1, -0.05) is 6.42 Å². The van der Waals surface area contributed by atoms with Gasteiger partial charge >= 0.3 is 0 Å². The van der Waals surface area contributed by atoms with Crippen molar-refractivity contribution in [2.24, 2.45) is 0 Å². The molecule has 1 N–H and O–H groups in total. The Hall–Kier alpha value is -0.710. The van der Waals surface area contributed by atoms with Gasteiger partial charge in [0.25, 0.3) is 6.43 Å². The smallest absolute Gasteiger partial charge is 0.255 e. The van der Waals surface area contributed by atoms with Crippen LogP contribution in [0.25, 0.3) is 0 Å². The van der Waals surface area contributed by atoms with Crippen molar-refractivity contribution >= 4 is 5.91 Å². The van der Waals surface area contributed by atoms with Gasteiger partial charge < -0.3 is 10.2 Å². The molecule has 0 aliphatic carbocycles. The molecule has 82 valence electrons. The van der Waals surface area contributed by atoms with E-state index in [1.54, 1.807) is 0 Å². The van der Waals surface area contributed by atoms with E-state index in [2.05, 4.69) is 5.32 Å². The van der Waals surface area contributed by atoms with Gasteiger partial charge in [-0.3, -0.25) is 4.79 Å². The van der Waals surface area contributed by atoms with Crippen LogP contribution in [0, 0.1) is 0 Å². The molecule has 1 aliphatic heterocycles. The second-order valence-electron chi connectivity index (χ2n) is 3.61. The number of halogens is 2. The van der Waals surface area contributed by atoms with Crippen molar-refractivity contribution in [3.8, 4) is 0 Å². The number of carbonyl (C=O) groups excluding carboxylic acids is 1. The van der Waals surface area contributed by atoms with Crippen LogP contribution in [0.15, 0.2) is 0 Å². The van der Waals surface area contributed by atoms with Crippen LogP contribution in [0.4, 0.5) is 8.78 Å². The van der Waals surface area contributed by atoms with E-state index in [9.17, 15) is 13.6 Å². The summed E-state index contributed by atoms with van der Waals surface area (Å²) in [4.78, 5) is 12.7. The Labute approximate surface area is 82.5 Å². The Morgan fingerprint density at radius 3 is 2.79 bits per heavy atom. The number of piperidine rings is 1. The van der Waals surface area contributed by atoms with E-state index in [0.29, 0.717) is 0 Å². The third-order valence-electron chi connectivity index (χ3n) is 2.40. The topological polar surface area (TPSA) is 32.3 Å². The number of likely N-dealkylation sites (N-methyl/N-ethyl adjacent to an activating group) is 1. The number of amides is 1. The van der Waals surface area contributed by atoms with Gasteiger partial charge in [0.2, 0.25) is 5.91 Å². The Bertz CT molecular complexity index is 193. The van der Waals surface area contributed by atoms with Gasteiger partial charge in [-0.25, -0.2) is 8.78 Å². The first-order valence-electron chi connectivity index (χ1n) is 4.88. The summed E-state index contributed by atoms with van der Waals surface area (Å²) >= 11 is 0.